The summed E-state index contributed by atoms with van der Waals surface area (Å²) in [5, 5.41) is 11.0. The summed E-state index contributed by atoms with van der Waals surface area (Å²) in [6.07, 6.45) is 2.66. The van der Waals surface area contributed by atoms with Crippen molar-refractivity contribution in [2.45, 2.75) is 13.3 Å². The number of pyridine rings is 1. The van der Waals surface area contributed by atoms with Gasteiger partial charge in [-0.25, -0.2) is 0 Å². The molecular weight excluding hydrogens is 264 g/mol. The third-order valence-electron chi connectivity index (χ3n) is 3.39. The van der Waals surface area contributed by atoms with E-state index in [1.165, 1.54) is 5.56 Å². The molecule has 0 aliphatic carbocycles. The molecule has 1 amide bonds. The largest absolute Gasteiger partial charge is 0.352 e. The summed E-state index contributed by atoms with van der Waals surface area (Å²) < 4.78 is 1.81. The van der Waals surface area contributed by atoms with Gasteiger partial charge in [-0.3, -0.25) is 9.20 Å². The summed E-state index contributed by atoms with van der Waals surface area (Å²) in [6, 6.07) is 13.7. The van der Waals surface area contributed by atoms with Gasteiger partial charge in [0.05, 0.1) is 5.56 Å². The third-order valence-corrected chi connectivity index (χ3v) is 3.39. The Balaban J connectivity index is 1.70. The molecule has 3 aromatic rings. The maximum absolute atomic E-state index is 12.3. The van der Waals surface area contributed by atoms with Crippen molar-refractivity contribution < 1.29 is 4.79 Å². The van der Waals surface area contributed by atoms with E-state index in [1.54, 1.807) is 6.07 Å². The molecule has 1 N–H and O–H groups in total. The van der Waals surface area contributed by atoms with Crippen molar-refractivity contribution in [1.29, 1.82) is 0 Å². The minimum Gasteiger partial charge on any atom is -0.352 e. The van der Waals surface area contributed by atoms with E-state index >= 15 is 0 Å². The van der Waals surface area contributed by atoms with Crippen LogP contribution in [0.3, 0.4) is 0 Å². The molecule has 0 spiro atoms. The van der Waals surface area contributed by atoms with Gasteiger partial charge in [-0.1, -0.05) is 30.3 Å². The molecule has 5 heteroatoms. The Hall–Kier alpha value is -2.69. The van der Waals surface area contributed by atoms with Crippen molar-refractivity contribution in [3.63, 3.8) is 0 Å². The van der Waals surface area contributed by atoms with Gasteiger partial charge in [0, 0.05) is 12.7 Å². The molecule has 0 unspecified atom stereocenters. The Kier molecular flexibility index (Phi) is 3.64. The maximum atomic E-state index is 12.3. The van der Waals surface area contributed by atoms with Gasteiger partial charge in [0.15, 0.2) is 5.65 Å². The number of hydrogen-bond acceptors (Lipinski definition) is 3. The summed E-state index contributed by atoms with van der Waals surface area (Å²) in [5.41, 5.74) is 2.34. The molecule has 0 saturated carbocycles. The number of rotatable bonds is 4. The van der Waals surface area contributed by atoms with Crippen LogP contribution >= 0.6 is 0 Å². The lowest BCUT2D eigenvalue weighted by molar-refractivity contribution is 0.0955. The zero-order chi connectivity index (χ0) is 14.7. The van der Waals surface area contributed by atoms with Crippen LogP contribution in [0.2, 0.25) is 0 Å². The topological polar surface area (TPSA) is 59.3 Å². The Morgan fingerprint density at radius 1 is 1.14 bits per heavy atom. The molecule has 0 fully saturated rings. The minimum absolute atomic E-state index is 0.121. The number of carbonyl (C=O) groups excluding carboxylic acids is 1. The number of carbonyl (C=O) groups is 1. The first-order valence-corrected chi connectivity index (χ1v) is 6.88. The quantitative estimate of drug-likeness (QED) is 0.795. The fraction of sp³-hybridized carbons (Fsp3) is 0.188. The van der Waals surface area contributed by atoms with E-state index in [9.17, 15) is 4.79 Å². The Morgan fingerprint density at radius 2 is 1.95 bits per heavy atom. The van der Waals surface area contributed by atoms with Gasteiger partial charge in [-0.2, -0.15) is 0 Å². The molecule has 0 saturated heterocycles. The third kappa shape index (κ3) is 2.76. The monoisotopic (exact) mass is 280 g/mol. The van der Waals surface area contributed by atoms with Crippen LogP contribution in [0.5, 0.6) is 0 Å². The van der Waals surface area contributed by atoms with Crippen molar-refractivity contribution >= 4 is 11.6 Å². The predicted octanol–water partition coefficient (Wildman–Crippen LogP) is 2.01. The molecule has 1 aromatic carbocycles. The molecule has 0 aliphatic rings. The zero-order valence-corrected chi connectivity index (χ0v) is 11.8. The standard InChI is InChI=1S/C16H16N4O/c1-12-18-19-15-14(8-5-11-20(12)15)16(21)17-10-9-13-6-3-2-4-7-13/h2-8,11H,9-10H2,1H3,(H,17,21). The number of fused-ring (bicyclic) bond motifs is 1. The number of hydrogen-bond donors (Lipinski definition) is 1. The number of nitrogens with zero attached hydrogens (tertiary/aromatic N) is 3. The van der Waals surface area contributed by atoms with Gasteiger partial charge in [-0.15, -0.1) is 10.2 Å². The molecule has 5 nitrogen and oxygen atoms in total. The number of aromatic nitrogens is 3. The Morgan fingerprint density at radius 3 is 2.76 bits per heavy atom. The lowest BCUT2D eigenvalue weighted by Crippen LogP contribution is -2.26. The van der Waals surface area contributed by atoms with Gasteiger partial charge < -0.3 is 5.32 Å². The lowest BCUT2D eigenvalue weighted by atomic mass is 10.1. The van der Waals surface area contributed by atoms with Crippen molar-refractivity contribution in [2.75, 3.05) is 6.54 Å². The van der Waals surface area contributed by atoms with Crippen molar-refractivity contribution in [2.24, 2.45) is 0 Å². The minimum atomic E-state index is -0.121. The highest BCUT2D eigenvalue weighted by Gasteiger charge is 2.12. The zero-order valence-electron chi connectivity index (χ0n) is 11.8. The van der Waals surface area contributed by atoms with Gasteiger partial charge in [0.25, 0.3) is 5.91 Å². The van der Waals surface area contributed by atoms with Gasteiger partial charge in [0.1, 0.15) is 5.82 Å². The van der Waals surface area contributed by atoms with E-state index in [2.05, 4.69) is 27.6 Å². The highest BCUT2D eigenvalue weighted by molar-refractivity contribution is 5.99. The van der Waals surface area contributed by atoms with Crippen LogP contribution < -0.4 is 5.32 Å². The van der Waals surface area contributed by atoms with Crippen LogP contribution in [-0.2, 0) is 6.42 Å². The van der Waals surface area contributed by atoms with Gasteiger partial charge >= 0.3 is 0 Å². The Bertz CT molecular complexity index is 764. The first-order chi connectivity index (χ1) is 10.3. The van der Waals surface area contributed by atoms with E-state index in [1.807, 2.05) is 41.8 Å². The van der Waals surface area contributed by atoms with Crippen molar-refractivity contribution in [1.82, 2.24) is 19.9 Å². The van der Waals surface area contributed by atoms with E-state index in [0.717, 1.165) is 12.2 Å². The molecule has 3 rings (SSSR count). The van der Waals surface area contributed by atoms with Crippen LogP contribution in [0.25, 0.3) is 5.65 Å². The smallest absolute Gasteiger partial charge is 0.255 e. The second-order valence-electron chi connectivity index (χ2n) is 4.85. The molecule has 21 heavy (non-hydrogen) atoms. The molecule has 0 atom stereocenters. The average molecular weight is 280 g/mol. The first-order valence-electron chi connectivity index (χ1n) is 6.88. The summed E-state index contributed by atoms with van der Waals surface area (Å²) in [7, 11) is 0. The summed E-state index contributed by atoms with van der Waals surface area (Å²) in [4.78, 5) is 12.3. The fourth-order valence-corrected chi connectivity index (χ4v) is 2.27. The van der Waals surface area contributed by atoms with E-state index in [4.69, 9.17) is 0 Å². The van der Waals surface area contributed by atoms with Gasteiger partial charge in [-0.05, 0) is 31.0 Å². The number of nitrogens with one attached hydrogen (secondary N) is 1. The highest BCUT2D eigenvalue weighted by atomic mass is 16.1. The average Bonchev–Trinajstić information content (AvgIpc) is 2.90. The first kappa shape index (κ1) is 13.3. The van der Waals surface area contributed by atoms with Crippen molar-refractivity contribution in [3.05, 3.63) is 65.6 Å². The lowest BCUT2D eigenvalue weighted by Gasteiger charge is -2.06. The van der Waals surface area contributed by atoms with E-state index in [-0.39, 0.29) is 5.91 Å². The van der Waals surface area contributed by atoms with E-state index < -0.39 is 0 Å². The van der Waals surface area contributed by atoms with Crippen LogP contribution in [-0.4, -0.2) is 27.0 Å². The molecule has 0 radical (unpaired) electrons. The second-order valence-corrected chi connectivity index (χ2v) is 4.85. The molecule has 106 valence electrons. The normalized spacial score (nSPS) is 10.7. The predicted molar refractivity (Wildman–Crippen MR) is 80.2 cm³/mol. The number of amides is 1. The number of aryl methyl sites for hydroxylation is 1. The Labute approximate surface area is 122 Å². The number of benzene rings is 1. The van der Waals surface area contributed by atoms with Crippen LogP contribution in [0.15, 0.2) is 48.7 Å². The van der Waals surface area contributed by atoms with Crippen LogP contribution in [0.1, 0.15) is 21.7 Å². The summed E-state index contributed by atoms with van der Waals surface area (Å²) in [6.45, 7) is 2.45. The molecular formula is C16H16N4O. The second kappa shape index (κ2) is 5.75. The molecule has 0 aliphatic heterocycles. The fourth-order valence-electron chi connectivity index (χ4n) is 2.27. The SMILES string of the molecule is Cc1nnc2c(C(=O)NCCc3ccccc3)cccn12. The van der Waals surface area contributed by atoms with Gasteiger partial charge in [0.2, 0.25) is 0 Å². The van der Waals surface area contributed by atoms with Crippen LogP contribution in [0.4, 0.5) is 0 Å². The van der Waals surface area contributed by atoms with E-state index in [0.29, 0.717) is 17.8 Å². The van der Waals surface area contributed by atoms with Crippen molar-refractivity contribution in [3.8, 4) is 0 Å². The summed E-state index contributed by atoms with van der Waals surface area (Å²) in [5.74, 6) is 0.646. The maximum Gasteiger partial charge on any atom is 0.255 e. The molecule has 2 aromatic heterocycles. The van der Waals surface area contributed by atoms with Crippen LogP contribution in [0, 0.1) is 6.92 Å². The molecule has 0 bridgehead atoms. The highest BCUT2D eigenvalue weighted by Crippen LogP contribution is 2.09. The molecule has 2 heterocycles. The summed E-state index contributed by atoms with van der Waals surface area (Å²) >= 11 is 0.